The van der Waals surface area contributed by atoms with Crippen LogP contribution in [0.1, 0.15) is 71.6 Å². The molecule has 2 heterocycles. The zero-order chi connectivity index (χ0) is 15.1. The molecule has 0 spiro atoms. The first-order valence-electron chi connectivity index (χ1n) is 8.83. The fourth-order valence-corrected chi connectivity index (χ4v) is 3.67. The molecule has 0 aliphatic carbocycles. The quantitative estimate of drug-likeness (QED) is 0.723. The highest BCUT2D eigenvalue weighted by atomic mass is 16.7. The number of hydrogen-bond acceptors (Lipinski definition) is 4. The van der Waals surface area contributed by atoms with Crippen molar-refractivity contribution >= 4 is 0 Å². The molecule has 0 unspecified atom stereocenters. The van der Waals surface area contributed by atoms with Gasteiger partial charge in [-0.15, -0.1) is 0 Å². The Bertz CT molecular complexity index is 292. The fourth-order valence-electron chi connectivity index (χ4n) is 3.67. The van der Waals surface area contributed by atoms with Crippen LogP contribution in [-0.4, -0.2) is 42.3 Å². The van der Waals surface area contributed by atoms with E-state index >= 15 is 0 Å². The second kappa shape index (κ2) is 8.47. The predicted molar refractivity (Wildman–Crippen MR) is 84.3 cm³/mol. The van der Waals surface area contributed by atoms with Crippen LogP contribution in [0, 0.1) is 0 Å². The van der Waals surface area contributed by atoms with E-state index in [0.717, 1.165) is 45.3 Å². The molecule has 0 saturated carbocycles. The maximum Gasteiger partial charge on any atom is 0.165 e. The number of aliphatic hydroxyl groups is 1. The van der Waals surface area contributed by atoms with Crippen molar-refractivity contribution in [3.8, 4) is 0 Å². The molecule has 2 saturated heterocycles. The molecule has 0 aromatic rings. The summed E-state index contributed by atoms with van der Waals surface area (Å²) in [5, 5.41) is 13.7. The van der Waals surface area contributed by atoms with Gasteiger partial charge in [-0.25, -0.2) is 0 Å². The molecule has 2 aliphatic rings. The lowest BCUT2D eigenvalue weighted by Crippen LogP contribution is -2.44. The normalized spacial score (nSPS) is 30.4. The van der Waals surface area contributed by atoms with Gasteiger partial charge >= 0.3 is 0 Å². The van der Waals surface area contributed by atoms with Crippen LogP contribution in [0.15, 0.2) is 0 Å². The first-order chi connectivity index (χ1) is 10.1. The van der Waals surface area contributed by atoms with Gasteiger partial charge in [-0.2, -0.15) is 0 Å². The maximum atomic E-state index is 9.97. The summed E-state index contributed by atoms with van der Waals surface area (Å²) in [6.07, 6.45) is 9.83. The second-order valence-corrected chi connectivity index (χ2v) is 6.89. The molecule has 0 radical (unpaired) electrons. The minimum Gasteiger partial charge on any atom is -0.393 e. The summed E-state index contributed by atoms with van der Waals surface area (Å²) in [7, 11) is 0. The van der Waals surface area contributed by atoms with Gasteiger partial charge in [-0.05, 0) is 45.4 Å². The highest BCUT2D eigenvalue weighted by molar-refractivity contribution is 4.82. The highest BCUT2D eigenvalue weighted by Gasteiger charge is 2.31. The molecule has 3 atom stereocenters. The van der Waals surface area contributed by atoms with E-state index in [1.165, 1.54) is 25.7 Å². The van der Waals surface area contributed by atoms with Gasteiger partial charge in [0.1, 0.15) is 0 Å². The third kappa shape index (κ3) is 5.85. The number of aliphatic hydroxyl groups excluding tert-OH is 1. The summed E-state index contributed by atoms with van der Waals surface area (Å²) in [6, 6.07) is 1.10. The summed E-state index contributed by atoms with van der Waals surface area (Å²) in [6.45, 7) is 5.65. The third-order valence-corrected chi connectivity index (χ3v) is 4.84. The molecule has 0 bridgehead atoms. The number of nitrogens with one attached hydrogen (secondary N) is 1. The first kappa shape index (κ1) is 17.2. The Labute approximate surface area is 129 Å². The van der Waals surface area contributed by atoms with E-state index in [9.17, 15) is 5.11 Å². The SMILES string of the molecule is CCC[C@@H](O)C[C@@H]1CCC[C@@H](CCCC2(C)OCCO2)N1. The van der Waals surface area contributed by atoms with Gasteiger partial charge in [0, 0.05) is 18.5 Å². The number of piperidine rings is 1. The Balaban J connectivity index is 1.64. The first-order valence-corrected chi connectivity index (χ1v) is 8.83. The molecule has 2 fully saturated rings. The van der Waals surface area contributed by atoms with Gasteiger partial charge in [0.25, 0.3) is 0 Å². The molecular weight excluding hydrogens is 266 g/mol. The molecular formula is C17H33NO3. The summed E-state index contributed by atoms with van der Waals surface area (Å²) < 4.78 is 11.3. The van der Waals surface area contributed by atoms with Gasteiger partial charge in [0.15, 0.2) is 5.79 Å². The van der Waals surface area contributed by atoms with Crippen molar-refractivity contribution in [3.63, 3.8) is 0 Å². The topological polar surface area (TPSA) is 50.7 Å². The Morgan fingerprint density at radius 3 is 2.67 bits per heavy atom. The lowest BCUT2D eigenvalue weighted by molar-refractivity contribution is -0.147. The van der Waals surface area contributed by atoms with E-state index in [-0.39, 0.29) is 11.9 Å². The average molecular weight is 299 g/mol. The molecule has 0 aromatic carbocycles. The van der Waals surface area contributed by atoms with Crippen LogP contribution in [0.25, 0.3) is 0 Å². The Morgan fingerprint density at radius 1 is 1.24 bits per heavy atom. The molecule has 2 aliphatic heterocycles. The van der Waals surface area contributed by atoms with E-state index in [0.29, 0.717) is 12.1 Å². The van der Waals surface area contributed by atoms with Gasteiger partial charge in [0.05, 0.1) is 19.3 Å². The lowest BCUT2D eigenvalue weighted by Gasteiger charge is -2.33. The lowest BCUT2D eigenvalue weighted by atomic mass is 9.91. The third-order valence-electron chi connectivity index (χ3n) is 4.84. The van der Waals surface area contributed by atoms with Crippen LogP contribution < -0.4 is 5.32 Å². The Hall–Kier alpha value is -0.160. The monoisotopic (exact) mass is 299 g/mol. The van der Waals surface area contributed by atoms with Crippen molar-refractivity contribution in [1.82, 2.24) is 5.32 Å². The number of rotatable bonds is 8. The van der Waals surface area contributed by atoms with Gasteiger partial charge in [-0.3, -0.25) is 0 Å². The van der Waals surface area contributed by atoms with Crippen LogP contribution in [0.2, 0.25) is 0 Å². The zero-order valence-electron chi connectivity index (χ0n) is 13.8. The van der Waals surface area contributed by atoms with Gasteiger partial charge < -0.3 is 19.9 Å². The molecule has 21 heavy (non-hydrogen) atoms. The molecule has 0 aromatic heterocycles. The van der Waals surface area contributed by atoms with E-state index in [1.54, 1.807) is 0 Å². The predicted octanol–water partition coefficient (Wildman–Crippen LogP) is 2.98. The van der Waals surface area contributed by atoms with Crippen molar-refractivity contribution in [3.05, 3.63) is 0 Å². The summed E-state index contributed by atoms with van der Waals surface area (Å²) in [5.74, 6) is -0.342. The van der Waals surface area contributed by atoms with Crippen LogP contribution >= 0.6 is 0 Å². The average Bonchev–Trinajstić information content (AvgIpc) is 2.86. The smallest absolute Gasteiger partial charge is 0.165 e. The summed E-state index contributed by atoms with van der Waals surface area (Å²) >= 11 is 0. The maximum absolute atomic E-state index is 9.97. The minimum atomic E-state index is -0.342. The van der Waals surface area contributed by atoms with Crippen molar-refractivity contribution < 1.29 is 14.6 Å². The second-order valence-electron chi connectivity index (χ2n) is 6.89. The van der Waals surface area contributed by atoms with Crippen molar-refractivity contribution in [2.24, 2.45) is 0 Å². The van der Waals surface area contributed by atoms with Crippen LogP contribution in [0.5, 0.6) is 0 Å². The highest BCUT2D eigenvalue weighted by Crippen LogP contribution is 2.27. The summed E-state index contributed by atoms with van der Waals surface area (Å²) in [5.41, 5.74) is 0. The Morgan fingerprint density at radius 2 is 1.95 bits per heavy atom. The summed E-state index contributed by atoms with van der Waals surface area (Å²) in [4.78, 5) is 0. The van der Waals surface area contributed by atoms with Gasteiger partial charge in [0.2, 0.25) is 0 Å². The molecule has 124 valence electrons. The van der Waals surface area contributed by atoms with Crippen molar-refractivity contribution in [1.29, 1.82) is 0 Å². The molecule has 2 rings (SSSR count). The van der Waals surface area contributed by atoms with Crippen LogP contribution in [0.3, 0.4) is 0 Å². The number of ether oxygens (including phenoxy) is 2. The molecule has 2 N–H and O–H groups in total. The largest absolute Gasteiger partial charge is 0.393 e. The van der Waals surface area contributed by atoms with Crippen LogP contribution in [0.4, 0.5) is 0 Å². The van der Waals surface area contributed by atoms with Crippen LogP contribution in [-0.2, 0) is 9.47 Å². The molecule has 4 nitrogen and oxygen atoms in total. The van der Waals surface area contributed by atoms with Crippen molar-refractivity contribution in [2.45, 2.75) is 95.6 Å². The van der Waals surface area contributed by atoms with E-state index in [2.05, 4.69) is 19.2 Å². The zero-order valence-corrected chi connectivity index (χ0v) is 13.8. The number of hydrogen-bond donors (Lipinski definition) is 2. The standard InChI is InChI=1S/C17H33NO3/c1-3-6-16(19)13-15-8-4-7-14(18-15)9-5-10-17(2)20-11-12-21-17/h14-16,18-19H,3-13H2,1-2H3/t14-,15-,16+/m0/s1. The van der Waals surface area contributed by atoms with E-state index in [4.69, 9.17) is 9.47 Å². The fraction of sp³-hybridized carbons (Fsp3) is 1.00. The van der Waals surface area contributed by atoms with Crippen molar-refractivity contribution in [2.75, 3.05) is 13.2 Å². The minimum absolute atomic E-state index is 0.134. The molecule has 4 heteroatoms. The molecule has 0 amide bonds. The van der Waals surface area contributed by atoms with E-state index < -0.39 is 0 Å². The Kier molecular flexibility index (Phi) is 6.93. The van der Waals surface area contributed by atoms with Gasteiger partial charge in [-0.1, -0.05) is 19.8 Å². The van der Waals surface area contributed by atoms with E-state index in [1.807, 2.05) is 0 Å².